The molecule has 0 amide bonds. The molecular weight excluding hydrogens is 256 g/mol. The highest BCUT2D eigenvalue weighted by Crippen LogP contribution is 2.22. The minimum atomic E-state index is -0.922. The van der Waals surface area contributed by atoms with Gasteiger partial charge in [-0.1, -0.05) is 13.0 Å². The molecule has 0 atom stereocenters. The van der Waals surface area contributed by atoms with Crippen molar-refractivity contribution in [3.05, 3.63) is 29.6 Å². The first-order chi connectivity index (χ1) is 9.69. The van der Waals surface area contributed by atoms with Crippen molar-refractivity contribution in [2.45, 2.75) is 39.2 Å². The number of carbonyl (C=O) groups is 1. The third-order valence-corrected chi connectivity index (χ3v) is 3.43. The first kappa shape index (κ1) is 14.5. The van der Waals surface area contributed by atoms with E-state index in [-0.39, 0.29) is 6.61 Å². The van der Waals surface area contributed by atoms with Crippen LogP contribution in [0.5, 0.6) is 0 Å². The molecular formula is C15H20N2O3. The largest absolute Gasteiger partial charge is 0.478 e. The third-order valence-electron chi connectivity index (χ3n) is 3.43. The summed E-state index contributed by atoms with van der Waals surface area (Å²) in [5, 5.41) is 18.1. The van der Waals surface area contributed by atoms with Crippen molar-refractivity contribution in [2.24, 2.45) is 0 Å². The summed E-state index contributed by atoms with van der Waals surface area (Å²) in [5.74, 6) is -0.00698. The highest BCUT2D eigenvalue weighted by atomic mass is 16.4. The number of aryl methyl sites for hydroxylation is 2. The van der Waals surface area contributed by atoms with E-state index in [9.17, 15) is 9.90 Å². The second kappa shape index (κ2) is 6.52. The molecule has 0 aliphatic heterocycles. The topological polar surface area (TPSA) is 75.3 Å². The average Bonchev–Trinajstić information content (AvgIpc) is 2.81. The fourth-order valence-corrected chi connectivity index (χ4v) is 2.48. The van der Waals surface area contributed by atoms with Gasteiger partial charge in [-0.3, -0.25) is 0 Å². The molecule has 2 aromatic rings. The predicted octanol–water partition coefficient (Wildman–Crippen LogP) is 2.46. The third kappa shape index (κ3) is 2.82. The number of hydrogen-bond donors (Lipinski definition) is 2. The fourth-order valence-electron chi connectivity index (χ4n) is 2.48. The Labute approximate surface area is 117 Å². The van der Waals surface area contributed by atoms with E-state index in [1.807, 2.05) is 17.6 Å². The van der Waals surface area contributed by atoms with E-state index in [1.165, 1.54) is 0 Å². The van der Waals surface area contributed by atoms with E-state index in [0.717, 1.165) is 43.6 Å². The smallest absolute Gasteiger partial charge is 0.337 e. The number of benzene rings is 1. The SMILES string of the molecule is CCc1nc2cccc(C(=O)O)c2n1CCCCCO. The van der Waals surface area contributed by atoms with Gasteiger partial charge in [-0.05, 0) is 31.4 Å². The number of aliphatic hydroxyl groups is 1. The molecule has 1 heterocycles. The van der Waals surface area contributed by atoms with Crippen LogP contribution in [0.3, 0.4) is 0 Å². The van der Waals surface area contributed by atoms with E-state index in [1.54, 1.807) is 12.1 Å². The maximum atomic E-state index is 11.4. The van der Waals surface area contributed by atoms with Crippen LogP contribution in [0.25, 0.3) is 11.0 Å². The highest BCUT2D eigenvalue weighted by molar-refractivity contribution is 6.01. The van der Waals surface area contributed by atoms with E-state index < -0.39 is 5.97 Å². The van der Waals surface area contributed by atoms with Crippen molar-refractivity contribution in [1.29, 1.82) is 0 Å². The van der Waals surface area contributed by atoms with Crippen LogP contribution in [0.15, 0.2) is 18.2 Å². The Hall–Kier alpha value is -1.88. The minimum Gasteiger partial charge on any atom is -0.478 e. The van der Waals surface area contributed by atoms with Crippen LogP contribution in [-0.4, -0.2) is 32.3 Å². The molecule has 0 saturated carbocycles. The highest BCUT2D eigenvalue weighted by Gasteiger charge is 2.16. The maximum absolute atomic E-state index is 11.4. The van der Waals surface area contributed by atoms with Gasteiger partial charge < -0.3 is 14.8 Å². The lowest BCUT2D eigenvalue weighted by Gasteiger charge is -2.09. The van der Waals surface area contributed by atoms with Gasteiger partial charge in [-0.15, -0.1) is 0 Å². The number of aliphatic hydroxyl groups excluding tert-OH is 1. The van der Waals surface area contributed by atoms with Gasteiger partial charge in [0.1, 0.15) is 5.82 Å². The first-order valence-corrected chi connectivity index (χ1v) is 7.01. The molecule has 0 radical (unpaired) electrons. The maximum Gasteiger partial charge on any atom is 0.337 e. The van der Waals surface area contributed by atoms with Crippen LogP contribution >= 0.6 is 0 Å². The second-order valence-electron chi connectivity index (χ2n) is 4.80. The van der Waals surface area contributed by atoms with Gasteiger partial charge in [0, 0.05) is 19.6 Å². The Kier molecular flexibility index (Phi) is 4.74. The van der Waals surface area contributed by atoms with Gasteiger partial charge in [0.25, 0.3) is 0 Å². The van der Waals surface area contributed by atoms with Crippen LogP contribution in [0, 0.1) is 0 Å². The van der Waals surface area contributed by atoms with Crippen molar-refractivity contribution in [3.63, 3.8) is 0 Å². The number of carboxylic acid groups (broad SMARTS) is 1. The summed E-state index contributed by atoms with van der Waals surface area (Å²) < 4.78 is 2.01. The van der Waals surface area contributed by atoms with Gasteiger partial charge in [-0.2, -0.15) is 0 Å². The van der Waals surface area contributed by atoms with Crippen molar-refractivity contribution in [2.75, 3.05) is 6.61 Å². The number of unbranched alkanes of at least 4 members (excludes halogenated alkanes) is 2. The van der Waals surface area contributed by atoms with E-state index in [2.05, 4.69) is 4.98 Å². The van der Waals surface area contributed by atoms with Crippen LogP contribution in [0.2, 0.25) is 0 Å². The summed E-state index contributed by atoms with van der Waals surface area (Å²) in [6.07, 6.45) is 3.38. The molecule has 0 unspecified atom stereocenters. The van der Waals surface area contributed by atoms with Crippen LogP contribution in [0.1, 0.15) is 42.4 Å². The van der Waals surface area contributed by atoms with Crippen molar-refractivity contribution in [3.8, 4) is 0 Å². The standard InChI is InChI=1S/C15H20N2O3/c1-2-13-16-12-8-6-7-11(15(19)20)14(12)17(13)9-4-3-5-10-18/h6-8,18H,2-5,9-10H2,1H3,(H,19,20). The Morgan fingerprint density at radius 2 is 2.10 bits per heavy atom. The zero-order valence-corrected chi connectivity index (χ0v) is 11.7. The van der Waals surface area contributed by atoms with Gasteiger partial charge in [0.2, 0.25) is 0 Å². The van der Waals surface area contributed by atoms with Crippen molar-refractivity contribution in [1.82, 2.24) is 9.55 Å². The number of nitrogens with zero attached hydrogens (tertiary/aromatic N) is 2. The quantitative estimate of drug-likeness (QED) is 0.762. The summed E-state index contributed by atoms with van der Waals surface area (Å²) >= 11 is 0. The molecule has 0 aliphatic rings. The fraction of sp³-hybridized carbons (Fsp3) is 0.467. The number of rotatable bonds is 7. The summed E-state index contributed by atoms with van der Waals surface area (Å²) in [5.41, 5.74) is 1.75. The normalized spacial score (nSPS) is 11.1. The molecule has 0 spiro atoms. The zero-order valence-electron chi connectivity index (χ0n) is 11.7. The van der Waals surface area contributed by atoms with Crippen molar-refractivity contribution >= 4 is 17.0 Å². The van der Waals surface area contributed by atoms with Gasteiger partial charge in [-0.25, -0.2) is 9.78 Å². The molecule has 0 fully saturated rings. The first-order valence-electron chi connectivity index (χ1n) is 7.01. The average molecular weight is 276 g/mol. The Morgan fingerprint density at radius 1 is 1.30 bits per heavy atom. The Balaban J connectivity index is 2.41. The summed E-state index contributed by atoms with van der Waals surface area (Å²) in [6.45, 7) is 2.96. The molecule has 2 N–H and O–H groups in total. The predicted molar refractivity (Wildman–Crippen MR) is 77.0 cm³/mol. The number of imidazole rings is 1. The molecule has 0 saturated heterocycles. The number of aromatic carboxylic acids is 1. The number of carboxylic acids is 1. The van der Waals surface area contributed by atoms with E-state index in [4.69, 9.17) is 5.11 Å². The van der Waals surface area contributed by atoms with Crippen LogP contribution < -0.4 is 0 Å². The van der Waals surface area contributed by atoms with Crippen LogP contribution in [-0.2, 0) is 13.0 Å². The van der Waals surface area contributed by atoms with E-state index >= 15 is 0 Å². The molecule has 1 aromatic heterocycles. The monoisotopic (exact) mass is 276 g/mol. The van der Waals surface area contributed by atoms with E-state index in [0.29, 0.717) is 11.1 Å². The summed E-state index contributed by atoms with van der Waals surface area (Å²) in [7, 11) is 0. The lowest BCUT2D eigenvalue weighted by Crippen LogP contribution is -2.07. The number of hydrogen-bond acceptors (Lipinski definition) is 3. The van der Waals surface area contributed by atoms with Crippen molar-refractivity contribution < 1.29 is 15.0 Å². The Bertz CT molecular complexity index is 604. The zero-order chi connectivity index (χ0) is 14.5. The Morgan fingerprint density at radius 3 is 2.75 bits per heavy atom. The molecule has 5 heteroatoms. The lowest BCUT2D eigenvalue weighted by atomic mass is 10.1. The lowest BCUT2D eigenvalue weighted by molar-refractivity contribution is 0.0698. The molecule has 20 heavy (non-hydrogen) atoms. The molecule has 108 valence electrons. The summed E-state index contributed by atoms with van der Waals surface area (Å²) in [6, 6.07) is 5.20. The van der Waals surface area contributed by atoms with Gasteiger partial charge in [0.15, 0.2) is 0 Å². The minimum absolute atomic E-state index is 0.200. The van der Waals surface area contributed by atoms with Gasteiger partial charge in [0.05, 0.1) is 16.6 Å². The molecule has 0 bridgehead atoms. The molecule has 2 rings (SSSR count). The summed E-state index contributed by atoms with van der Waals surface area (Å²) in [4.78, 5) is 15.9. The number of aromatic nitrogens is 2. The van der Waals surface area contributed by atoms with Crippen LogP contribution in [0.4, 0.5) is 0 Å². The molecule has 1 aromatic carbocycles. The molecule has 0 aliphatic carbocycles. The van der Waals surface area contributed by atoms with Gasteiger partial charge >= 0.3 is 5.97 Å². The second-order valence-corrected chi connectivity index (χ2v) is 4.80. The number of para-hydroxylation sites is 1. The number of fused-ring (bicyclic) bond motifs is 1. The molecule has 5 nitrogen and oxygen atoms in total.